The first kappa shape index (κ1) is 16.9. The number of ether oxygens (including phenoxy) is 1. The normalized spacial score (nSPS) is 11.6. The van der Waals surface area contributed by atoms with Crippen LogP contribution in [-0.4, -0.2) is 18.0 Å². The zero-order valence-corrected chi connectivity index (χ0v) is 14.5. The quantitative estimate of drug-likeness (QED) is 0.684. The maximum absolute atomic E-state index is 12.4. The number of esters is 1. The molecule has 0 bridgehead atoms. The molecule has 3 aromatic rings. The van der Waals surface area contributed by atoms with E-state index in [0.717, 1.165) is 11.1 Å². The highest BCUT2D eigenvalue weighted by Crippen LogP contribution is 2.27. The van der Waals surface area contributed by atoms with Gasteiger partial charge in [0.2, 0.25) is 0 Å². The number of carbonyl (C=O) groups is 2. The van der Waals surface area contributed by atoms with Crippen LogP contribution in [-0.2, 0) is 9.53 Å². The van der Waals surface area contributed by atoms with Gasteiger partial charge in [0, 0.05) is 16.6 Å². The van der Waals surface area contributed by atoms with Crippen LogP contribution in [0.3, 0.4) is 0 Å². The van der Waals surface area contributed by atoms with Crippen LogP contribution in [0.25, 0.3) is 11.1 Å². The summed E-state index contributed by atoms with van der Waals surface area (Å²) < 4.78 is 5.23. The Hall–Kier alpha value is -2.92. The summed E-state index contributed by atoms with van der Waals surface area (Å²) in [6.07, 6.45) is -0.892. The summed E-state index contributed by atoms with van der Waals surface area (Å²) in [5.74, 6) is -0.868. The van der Waals surface area contributed by atoms with Crippen LogP contribution < -0.4 is 5.32 Å². The molecule has 0 aliphatic heterocycles. The fourth-order valence-electron chi connectivity index (χ4n) is 2.36. The second-order valence-electron chi connectivity index (χ2n) is 5.46. The van der Waals surface area contributed by atoms with Crippen molar-refractivity contribution in [3.8, 4) is 11.1 Å². The molecule has 1 amide bonds. The minimum absolute atomic E-state index is 0.369. The van der Waals surface area contributed by atoms with Crippen molar-refractivity contribution in [2.75, 3.05) is 5.32 Å². The molecule has 0 radical (unpaired) electrons. The van der Waals surface area contributed by atoms with Crippen LogP contribution in [0.4, 0.5) is 5.69 Å². The van der Waals surface area contributed by atoms with Gasteiger partial charge in [-0.15, -0.1) is 0 Å². The predicted molar refractivity (Wildman–Crippen MR) is 99.7 cm³/mol. The molecule has 0 fully saturated rings. The number of hydrogen-bond acceptors (Lipinski definition) is 4. The highest BCUT2D eigenvalue weighted by atomic mass is 32.1. The third-order valence-electron chi connectivity index (χ3n) is 3.68. The molecule has 0 aliphatic rings. The van der Waals surface area contributed by atoms with Gasteiger partial charge >= 0.3 is 5.97 Å². The zero-order valence-electron chi connectivity index (χ0n) is 13.6. The molecule has 1 N–H and O–H groups in total. The van der Waals surface area contributed by atoms with Gasteiger partial charge in [-0.3, -0.25) is 4.79 Å². The molecule has 1 unspecified atom stereocenters. The summed E-state index contributed by atoms with van der Waals surface area (Å²) in [6.45, 7) is 1.56. The monoisotopic (exact) mass is 351 g/mol. The number of hydrogen-bond donors (Lipinski definition) is 1. The summed E-state index contributed by atoms with van der Waals surface area (Å²) in [5.41, 5.74) is 3.04. The molecule has 4 nitrogen and oxygen atoms in total. The average Bonchev–Trinajstić information content (AvgIpc) is 3.17. The Kier molecular flexibility index (Phi) is 5.26. The minimum atomic E-state index is -0.892. The number of anilines is 1. The number of para-hydroxylation sites is 1. The third-order valence-corrected chi connectivity index (χ3v) is 4.36. The first-order valence-electron chi connectivity index (χ1n) is 7.83. The van der Waals surface area contributed by atoms with Gasteiger partial charge < -0.3 is 10.1 Å². The van der Waals surface area contributed by atoms with E-state index in [0.29, 0.717) is 11.3 Å². The Balaban J connectivity index is 1.72. The van der Waals surface area contributed by atoms with Crippen LogP contribution in [0.5, 0.6) is 0 Å². The molecule has 0 saturated heterocycles. The molecular weight excluding hydrogens is 334 g/mol. The van der Waals surface area contributed by atoms with Crippen LogP contribution in [0.15, 0.2) is 71.4 Å². The molecule has 1 atom stereocenters. The summed E-state index contributed by atoms with van der Waals surface area (Å²) in [7, 11) is 0. The molecule has 2 aromatic carbocycles. The highest BCUT2D eigenvalue weighted by molar-refractivity contribution is 7.08. The lowest BCUT2D eigenvalue weighted by atomic mass is 10.0. The highest BCUT2D eigenvalue weighted by Gasteiger charge is 2.20. The van der Waals surface area contributed by atoms with Gasteiger partial charge in [-0.05, 0) is 30.0 Å². The SMILES string of the molecule is CC(OC(=O)c1ccsc1)C(=O)Nc1ccccc1-c1ccccc1. The smallest absolute Gasteiger partial charge is 0.339 e. The van der Waals surface area contributed by atoms with Gasteiger partial charge in [0.15, 0.2) is 6.10 Å². The summed E-state index contributed by atoms with van der Waals surface area (Å²) in [4.78, 5) is 24.4. The first-order valence-corrected chi connectivity index (χ1v) is 8.78. The van der Waals surface area contributed by atoms with Crippen molar-refractivity contribution in [3.63, 3.8) is 0 Å². The number of thiophene rings is 1. The van der Waals surface area contributed by atoms with E-state index in [4.69, 9.17) is 4.74 Å². The van der Waals surface area contributed by atoms with Crippen molar-refractivity contribution >= 4 is 28.9 Å². The number of rotatable bonds is 5. The van der Waals surface area contributed by atoms with Gasteiger partial charge in [0.05, 0.1) is 5.56 Å². The molecule has 5 heteroatoms. The lowest BCUT2D eigenvalue weighted by Gasteiger charge is -2.15. The number of benzene rings is 2. The van der Waals surface area contributed by atoms with Crippen molar-refractivity contribution in [3.05, 3.63) is 77.0 Å². The molecule has 0 aliphatic carbocycles. The van der Waals surface area contributed by atoms with Crippen molar-refractivity contribution in [2.45, 2.75) is 13.0 Å². The van der Waals surface area contributed by atoms with Gasteiger partial charge in [0.1, 0.15) is 0 Å². The van der Waals surface area contributed by atoms with Gasteiger partial charge in [-0.2, -0.15) is 11.3 Å². The van der Waals surface area contributed by atoms with Crippen LogP contribution in [0, 0.1) is 0 Å². The molecule has 25 heavy (non-hydrogen) atoms. The molecular formula is C20H17NO3S. The maximum atomic E-state index is 12.4. The topological polar surface area (TPSA) is 55.4 Å². The minimum Gasteiger partial charge on any atom is -0.449 e. The first-order chi connectivity index (χ1) is 12.1. The molecule has 3 rings (SSSR count). The molecule has 0 spiro atoms. The number of carbonyl (C=O) groups excluding carboxylic acids is 2. The van der Waals surface area contributed by atoms with E-state index in [9.17, 15) is 9.59 Å². The van der Waals surface area contributed by atoms with E-state index in [1.165, 1.54) is 11.3 Å². The van der Waals surface area contributed by atoms with Crippen molar-refractivity contribution in [2.24, 2.45) is 0 Å². The Bertz CT molecular complexity index is 860. The summed E-state index contributed by atoms with van der Waals surface area (Å²) in [6, 6.07) is 19.0. The molecule has 0 saturated carbocycles. The lowest BCUT2D eigenvalue weighted by Crippen LogP contribution is -2.30. The molecule has 1 heterocycles. The number of nitrogens with one attached hydrogen (secondary N) is 1. The summed E-state index contributed by atoms with van der Waals surface area (Å²) in [5, 5.41) is 6.33. The maximum Gasteiger partial charge on any atom is 0.339 e. The third kappa shape index (κ3) is 4.14. The van der Waals surface area contributed by atoms with E-state index in [1.807, 2.05) is 54.6 Å². The van der Waals surface area contributed by atoms with E-state index in [-0.39, 0.29) is 5.91 Å². The lowest BCUT2D eigenvalue weighted by molar-refractivity contribution is -0.123. The summed E-state index contributed by atoms with van der Waals surface area (Å²) >= 11 is 1.40. The van der Waals surface area contributed by atoms with Crippen LogP contribution in [0.1, 0.15) is 17.3 Å². The number of amides is 1. The van der Waals surface area contributed by atoms with E-state index in [1.54, 1.807) is 23.8 Å². The second-order valence-corrected chi connectivity index (χ2v) is 6.24. The van der Waals surface area contributed by atoms with E-state index < -0.39 is 12.1 Å². The average molecular weight is 351 g/mol. The largest absolute Gasteiger partial charge is 0.449 e. The van der Waals surface area contributed by atoms with Crippen LogP contribution >= 0.6 is 11.3 Å². The fraction of sp³-hybridized carbons (Fsp3) is 0.100. The molecule has 1 aromatic heterocycles. The predicted octanol–water partition coefficient (Wildman–Crippen LogP) is 4.60. The Morgan fingerprint density at radius 3 is 2.44 bits per heavy atom. The van der Waals surface area contributed by atoms with Crippen molar-refractivity contribution in [1.29, 1.82) is 0 Å². The molecule has 126 valence electrons. The van der Waals surface area contributed by atoms with Crippen molar-refractivity contribution < 1.29 is 14.3 Å². The standard InChI is InChI=1S/C20H17NO3S/c1-14(24-20(23)16-11-12-25-13-16)19(22)21-18-10-6-5-9-17(18)15-7-3-2-4-8-15/h2-14H,1H3,(H,21,22). The Morgan fingerprint density at radius 2 is 1.72 bits per heavy atom. The van der Waals surface area contributed by atoms with Gasteiger partial charge in [-0.25, -0.2) is 4.79 Å². The zero-order chi connectivity index (χ0) is 17.6. The van der Waals surface area contributed by atoms with Crippen molar-refractivity contribution in [1.82, 2.24) is 0 Å². The van der Waals surface area contributed by atoms with Gasteiger partial charge in [0.25, 0.3) is 5.91 Å². The van der Waals surface area contributed by atoms with Crippen LogP contribution in [0.2, 0.25) is 0 Å². The van der Waals surface area contributed by atoms with Gasteiger partial charge in [-0.1, -0.05) is 48.5 Å². The van der Waals surface area contributed by atoms with E-state index >= 15 is 0 Å². The Labute approximate surface area is 150 Å². The second kappa shape index (κ2) is 7.77. The van der Waals surface area contributed by atoms with E-state index in [2.05, 4.69) is 5.32 Å². The fourth-order valence-corrected chi connectivity index (χ4v) is 2.98. The Morgan fingerprint density at radius 1 is 1.00 bits per heavy atom.